The first-order valence-corrected chi connectivity index (χ1v) is 12.1. The summed E-state index contributed by atoms with van der Waals surface area (Å²) in [6, 6.07) is 0. The smallest absolute Gasteiger partial charge is 0.136 e. The summed E-state index contributed by atoms with van der Waals surface area (Å²) in [6.07, 6.45) is 13.7. The Morgan fingerprint density at radius 3 is 2.61 bits per heavy atom. The van der Waals surface area contributed by atoms with E-state index in [4.69, 9.17) is 4.74 Å². The lowest BCUT2D eigenvalue weighted by molar-refractivity contribution is -0.156. The molecule has 28 heavy (non-hydrogen) atoms. The topological polar surface area (TPSA) is 26.3 Å². The summed E-state index contributed by atoms with van der Waals surface area (Å²) in [5, 5.41) is 0. The van der Waals surface area contributed by atoms with Gasteiger partial charge in [0.05, 0.1) is 12.9 Å². The molecule has 4 aliphatic carbocycles. The fraction of sp³-hybridized carbons (Fsp3) is 0.885. The Labute approximate surface area is 172 Å². The summed E-state index contributed by atoms with van der Waals surface area (Å²) in [5.41, 5.74) is 0.806. The molecule has 4 aliphatic rings. The van der Waals surface area contributed by atoms with Gasteiger partial charge in [-0.1, -0.05) is 40.2 Å². The molecule has 0 spiro atoms. The van der Waals surface area contributed by atoms with E-state index < -0.39 is 0 Å². The predicted octanol–water partition coefficient (Wildman–Crippen LogP) is 6.79. The molecule has 158 valence electrons. The fourth-order valence-electron chi connectivity index (χ4n) is 8.63. The van der Waals surface area contributed by atoms with Crippen molar-refractivity contribution < 1.29 is 9.53 Å². The lowest BCUT2D eigenvalue weighted by Gasteiger charge is -2.60. The van der Waals surface area contributed by atoms with Crippen LogP contribution in [0.25, 0.3) is 0 Å². The van der Waals surface area contributed by atoms with Gasteiger partial charge in [-0.25, -0.2) is 0 Å². The van der Waals surface area contributed by atoms with Gasteiger partial charge in [-0.15, -0.1) is 0 Å². The third-order valence-corrected chi connectivity index (χ3v) is 10.3. The summed E-state index contributed by atoms with van der Waals surface area (Å²) in [7, 11) is 1.73. The van der Waals surface area contributed by atoms with Gasteiger partial charge in [0.2, 0.25) is 0 Å². The highest BCUT2D eigenvalue weighted by molar-refractivity contribution is 5.83. The SMILES string of the molecule is C=C(CC[C@@H](C)C1CCC2C3C(=O)CC4CCCC[C@]4(C)C3CC[C@@]21C)OC. The molecule has 4 saturated carbocycles. The van der Waals surface area contributed by atoms with Crippen molar-refractivity contribution in [3.8, 4) is 0 Å². The van der Waals surface area contributed by atoms with E-state index in [0.717, 1.165) is 24.5 Å². The molecular weight excluding hydrogens is 344 g/mol. The number of rotatable bonds is 5. The van der Waals surface area contributed by atoms with Crippen molar-refractivity contribution in [2.45, 2.75) is 91.4 Å². The van der Waals surface area contributed by atoms with Gasteiger partial charge >= 0.3 is 0 Å². The van der Waals surface area contributed by atoms with Crippen LogP contribution in [-0.2, 0) is 9.53 Å². The summed E-state index contributed by atoms with van der Waals surface area (Å²) in [6.45, 7) is 11.6. The van der Waals surface area contributed by atoms with Crippen molar-refractivity contribution in [1.29, 1.82) is 0 Å². The van der Waals surface area contributed by atoms with Gasteiger partial charge < -0.3 is 4.74 Å². The Hall–Kier alpha value is -0.790. The normalized spacial score (nSPS) is 46.3. The second-order valence-electron chi connectivity index (χ2n) is 11.3. The summed E-state index contributed by atoms with van der Waals surface area (Å²) < 4.78 is 5.30. The Bertz CT molecular complexity index is 624. The van der Waals surface area contributed by atoms with Crippen LogP contribution in [0.3, 0.4) is 0 Å². The second-order valence-corrected chi connectivity index (χ2v) is 11.3. The number of Topliss-reactive ketones (excluding diaryl/α,β-unsaturated/α-hetero) is 1. The Morgan fingerprint density at radius 2 is 1.86 bits per heavy atom. The first kappa shape index (κ1) is 20.5. The molecule has 0 aromatic carbocycles. The average Bonchev–Trinajstić information content (AvgIpc) is 3.03. The number of methoxy groups -OCH3 is 1. The van der Waals surface area contributed by atoms with Gasteiger partial charge in [0.25, 0.3) is 0 Å². The largest absolute Gasteiger partial charge is 0.502 e. The minimum Gasteiger partial charge on any atom is -0.502 e. The maximum absolute atomic E-state index is 13.4. The number of fused-ring (bicyclic) bond motifs is 5. The van der Waals surface area contributed by atoms with Crippen molar-refractivity contribution in [2.75, 3.05) is 7.11 Å². The summed E-state index contributed by atoms with van der Waals surface area (Å²) in [5.74, 6) is 5.35. The maximum atomic E-state index is 13.4. The number of hydrogen-bond acceptors (Lipinski definition) is 2. The quantitative estimate of drug-likeness (QED) is 0.486. The van der Waals surface area contributed by atoms with Crippen LogP contribution in [0.15, 0.2) is 12.3 Å². The first-order chi connectivity index (χ1) is 13.3. The summed E-state index contributed by atoms with van der Waals surface area (Å²) in [4.78, 5) is 13.4. The van der Waals surface area contributed by atoms with Crippen LogP contribution in [0.2, 0.25) is 0 Å². The van der Waals surface area contributed by atoms with E-state index in [1.165, 1.54) is 57.8 Å². The van der Waals surface area contributed by atoms with Crippen LogP contribution < -0.4 is 0 Å². The molecule has 0 amide bonds. The number of hydrogen-bond donors (Lipinski definition) is 0. The zero-order valence-corrected chi connectivity index (χ0v) is 18.8. The van der Waals surface area contributed by atoms with Gasteiger partial charge in [-0.2, -0.15) is 0 Å². The van der Waals surface area contributed by atoms with E-state index in [0.29, 0.717) is 46.2 Å². The van der Waals surface area contributed by atoms with Crippen LogP contribution in [-0.4, -0.2) is 12.9 Å². The van der Waals surface area contributed by atoms with E-state index in [9.17, 15) is 4.79 Å². The minimum absolute atomic E-state index is 0.364. The predicted molar refractivity (Wildman–Crippen MR) is 115 cm³/mol. The molecule has 0 N–H and O–H groups in total. The molecule has 0 heterocycles. The molecule has 0 bridgehead atoms. The molecular formula is C26H42O2. The molecule has 0 aromatic rings. The lowest BCUT2D eigenvalue weighted by atomic mass is 9.44. The van der Waals surface area contributed by atoms with Crippen molar-refractivity contribution in [3.63, 3.8) is 0 Å². The van der Waals surface area contributed by atoms with Crippen LogP contribution in [0.5, 0.6) is 0 Å². The van der Waals surface area contributed by atoms with Crippen molar-refractivity contribution in [2.24, 2.45) is 46.3 Å². The van der Waals surface area contributed by atoms with Gasteiger partial charge in [0.15, 0.2) is 0 Å². The maximum Gasteiger partial charge on any atom is 0.136 e. The zero-order chi connectivity index (χ0) is 20.1. The molecule has 4 fully saturated rings. The van der Waals surface area contributed by atoms with Crippen LogP contribution in [0.4, 0.5) is 0 Å². The molecule has 0 saturated heterocycles. The molecule has 0 radical (unpaired) electrons. The Morgan fingerprint density at radius 1 is 1.11 bits per heavy atom. The van der Waals surface area contributed by atoms with Crippen molar-refractivity contribution in [3.05, 3.63) is 12.3 Å². The van der Waals surface area contributed by atoms with Crippen LogP contribution in [0, 0.1) is 46.3 Å². The third kappa shape index (κ3) is 3.08. The van der Waals surface area contributed by atoms with Crippen LogP contribution >= 0.6 is 0 Å². The molecule has 2 nitrogen and oxygen atoms in total. The van der Waals surface area contributed by atoms with E-state index in [1.807, 2.05) is 0 Å². The lowest BCUT2D eigenvalue weighted by Crippen LogP contribution is -2.56. The highest BCUT2D eigenvalue weighted by Crippen LogP contribution is 2.67. The van der Waals surface area contributed by atoms with Gasteiger partial charge in [0.1, 0.15) is 5.78 Å². The van der Waals surface area contributed by atoms with E-state index in [-0.39, 0.29) is 0 Å². The highest BCUT2D eigenvalue weighted by atomic mass is 16.5. The molecule has 0 aromatic heterocycles. The monoisotopic (exact) mass is 386 g/mol. The van der Waals surface area contributed by atoms with E-state index >= 15 is 0 Å². The molecule has 0 aliphatic heterocycles. The zero-order valence-electron chi connectivity index (χ0n) is 18.8. The number of ether oxygens (including phenoxy) is 1. The number of carbonyl (C=O) groups is 1. The molecule has 2 heteroatoms. The average molecular weight is 387 g/mol. The van der Waals surface area contributed by atoms with E-state index in [1.54, 1.807) is 7.11 Å². The van der Waals surface area contributed by atoms with Gasteiger partial charge in [-0.3, -0.25) is 4.79 Å². The Kier molecular flexibility index (Phi) is 5.47. The van der Waals surface area contributed by atoms with Crippen molar-refractivity contribution in [1.82, 2.24) is 0 Å². The first-order valence-electron chi connectivity index (χ1n) is 12.1. The van der Waals surface area contributed by atoms with Crippen molar-refractivity contribution >= 4 is 5.78 Å². The number of ketones is 1. The highest BCUT2D eigenvalue weighted by Gasteiger charge is 2.62. The number of allylic oxidation sites excluding steroid dienone is 1. The van der Waals surface area contributed by atoms with Gasteiger partial charge in [0, 0.05) is 18.8 Å². The molecule has 4 rings (SSSR count). The third-order valence-electron chi connectivity index (χ3n) is 10.3. The molecule has 5 unspecified atom stereocenters. The number of carbonyl (C=O) groups excluding carboxylic acids is 1. The Balaban J connectivity index is 1.54. The van der Waals surface area contributed by atoms with Crippen LogP contribution in [0.1, 0.15) is 91.4 Å². The van der Waals surface area contributed by atoms with E-state index in [2.05, 4.69) is 27.4 Å². The summed E-state index contributed by atoms with van der Waals surface area (Å²) >= 11 is 0. The standard InChI is InChI=1S/C26H42O2/c1-17(9-10-18(2)28-5)20-11-12-21-24-22(13-15-26(20,21)4)25(3)14-7-6-8-19(25)16-23(24)27/h17,19-22,24H,2,6-16H2,1,3-5H3/t17-,19?,20?,21?,22?,24?,25+,26-/m1/s1. The fourth-order valence-corrected chi connectivity index (χ4v) is 8.63. The minimum atomic E-state index is 0.364. The van der Waals surface area contributed by atoms with Gasteiger partial charge in [-0.05, 0) is 85.4 Å². The molecule has 8 atom stereocenters. The second kappa shape index (κ2) is 7.47.